The van der Waals surface area contributed by atoms with Gasteiger partial charge in [-0.1, -0.05) is 36.4 Å². The highest BCUT2D eigenvalue weighted by atomic mass is 19.4. The molecule has 1 fully saturated rings. The number of benzene rings is 3. The number of halogens is 4. The fourth-order valence-electron chi connectivity index (χ4n) is 5.31. The molecule has 0 radical (unpaired) electrons. The van der Waals surface area contributed by atoms with Crippen molar-refractivity contribution in [1.29, 1.82) is 0 Å². The Morgan fingerprint density at radius 1 is 1.05 bits per heavy atom. The van der Waals surface area contributed by atoms with Crippen molar-refractivity contribution >= 4 is 17.6 Å². The smallest absolute Gasteiger partial charge is 0.366 e. The highest BCUT2D eigenvalue weighted by molar-refractivity contribution is 6.05. The molecule has 1 aromatic heterocycles. The van der Waals surface area contributed by atoms with Crippen LogP contribution in [0, 0.1) is 5.82 Å². The summed E-state index contributed by atoms with van der Waals surface area (Å²) in [6.07, 6.45) is -4.99. The van der Waals surface area contributed by atoms with Crippen LogP contribution >= 0.6 is 0 Å². The molecule has 210 valence electrons. The van der Waals surface area contributed by atoms with Crippen LogP contribution in [-0.4, -0.2) is 40.8 Å². The number of nitrogens with one attached hydrogen (secondary N) is 1. The second-order valence-corrected chi connectivity index (χ2v) is 9.83. The Morgan fingerprint density at radius 2 is 1.76 bits per heavy atom. The SMILES string of the molecule is CCN1C(=O)[C@H](NC(=O)c2cccc(C(F)(F)F)c2)[C@@H](c2ccc(F)cc2)c2c(C3CO3)nn(-c3ccccc3)c21. The van der Waals surface area contributed by atoms with Gasteiger partial charge in [0.2, 0.25) is 0 Å². The molecule has 3 aromatic carbocycles. The average Bonchev–Trinajstić information content (AvgIpc) is 3.74. The first-order chi connectivity index (χ1) is 19.7. The third-order valence-corrected chi connectivity index (χ3v) is 7.28. The minimum atomic E-state index is -4.65. The van der Waals surface area contributed by atoms with Crippen molar-refractivity contribution < 1.29 is 31.9 Å². The molecule has 2 aliphatic rings. The van der Waals surface area contributed by atoms with E-state index in [1.807, 2.05) is 30.3 Å². The fraction of sp³-hybridized carbons (Fsp3) is 0.233. The number of carbonyl (C=O) groups is 2. The van der Waals surface area contributed by atoms with Crippen LogP contribution in [0.15, 0.2) is 78.9 Å². The van der Waals surface area contributed by atoms with Gasteiger partial charge in [-0.2, -0.15) is 18.3 Å². The van der Waals surface area contributed by atoms with Crippen molar-refractivity contribution in [3.63, 3.8) is 0 Å². The summed E-state index contributed by atoms with van der Waals surface area (Å²) >= 11 is 0. The van der Waals surface area contributed by atoms with E-state index in [1.165, 1.54) is 35.2 Å². The first-order valence-electron chi connectivity index (χ1n) is 13.0. The number of likely N-dealkylation sites (N-methyl/N-ethyl adjacent to an activating group) is 1. The molecule has 11 heteroatoms. The molecule has 1 unspecified atom stereocenters. The lowest BCUT2D eigenvalue weighted by Crippen LogP contribution is -2.55. The van der Waals surface area contributed by atoms with E-state index in [9.17, 15) is 27.2 Å². The number of alkyl halides is 3. The Hall–Kier alpha value is -4.51. The molecule has 3 atom stereocenters. The third-order valence-electron chi connectivity index (χ3n) is 7.28. The van der Waals surface area contributed by atoms with Crippen LogP contribution < -0.4 is 10.2 Å². The van der Waals surface area contributed by atoms with Gasteiger partial charge in [0.05, 0.1) is 17.9 Å². The second kappa shape index (κ2) is 10.2. The lowest BCUT2D eigenvalue weighted by atomic mass is 9.80. The van der Waals surface area contributed by atoms with Crippen molar-refractivity contribution in [3.8, 4) is 5.69 Å². The summed E-state index contributed by atoms with van der Waals surface area (Å²) in [7, 11) is 0. The number of carbonyl (C=O) groups excluding carboxylic acids is 2. The monoisotopic (exact) mass is 564 g/mol. The topological polar surface area (TPSA) is 79.8 Å². The van der Waals surface area contributed by atoms with E-state index in [1.54, 1.807) is 11.6 Å². The second-order valence-electron chi connectivity index (χ2n) is 9.83. The molecule has 4 aromatic rings. The molecule has 0 aliphatic carbocycles. The number of aromatic nitrogens is 2. The summed E-state index contributed by atoms with van der Waals surface area (Å²) in [6.45, 7) is 2.42. The Labute approximate surface area is 232 Å². The third kappa shape index (κ3) is 4.86. The number of fused-ring (bicyclic) bond motifs is 1. The number of amides is 2. The van der Waals surface area contributed by atoms with E-state index in [4.69, 9.17) is 9.84 Å². The van der Waals surface area contributed by atoms with Crippen LogP contribution in [0.2, 0.25) is 0 Å². The van der Waals surface area contributed by atoms with E-state index in [0.29, 0.717) is 34.9 Å². The lowest BCUT2D eigenvalue weighted by molar-refractivity contribution is -0.137. The molecule has 6 rings (SSSR count). The van der Waals surface area contributed by atoms with Crippen LogP contribution in [-0.2, 0) is 15.7 Å². The highest BCUT2D eigenvalue weighted by Crippen LogP contribution is 2.47. The number of hydrogen-bond acceptors (Lipinski definition) is 4. The van der Waals surface area contributed by atoms with E-state index in [0.717, 1.165) is 18.2 Å². The van der Waals surface area contributed by atoms with Crippen molar-refractivity contribution in [2.24, 2.45) is 0 Å². The number of nitrogens with zero attached hydrogens (tertiary/aromatic N) is 3. The first-order valence-corrected chi connectivity index (χ1v) is 13.0. The van der Waals surface area contributed by atoms with Crippen LogP contribution in [0.5, 0.6) is 0 Å². The van der Waals surface area contributed by atoms with E-state index >= 15 is 0 Å². The van der Waals surface area contributed by atoms with Crippen LogP contribution in [0.1, 0.15) is 51.7 Å². The number of para-hydroxylation sites is 1. The van der Waals surface area contributed by atoms with Gasteiger partial charge < -0.3 is 10.1 Å². The quantitative estimate of drug-likeness (QED) is 0.251. The lowest BCUT2D eigenvalue weighted by Gasteiger charge is -2.38. The normalized spacial score (nSPS) is 20.1. The molecule has 0 bridgehead atoms. The molecule has 2 amide bonds. The molecule has 41 heavy (non-hydrogen) atoms. The summed E-state index contributed by atoms with van der Waals surface area (Å²) in [5.41, 5.74) is 1.20. The number of epoxide rings is 1. The molecule has 1 saturated heterocycles. The molecular weight excluding hydrogens is 540 g/mol. The first kappa shape index (κ1) is 26.7. The molecule has 3 heterocycles. The maximum atomic E-state index is 14.1. The summed E-state index contributed by atoms with van der Waals surface area (Å²) < 4.78 is 61.3. The summed E-state index contributed by atoms with van der Waals surface area (Å²) in [4.78, 5) is 29.0. The Morgan fingerprint density at radius 3 is 2.39 bits per heavy atom. The van der Waals surface area contributed by atoms with Crippen molar-refractivity contribution in [1.82, 2.24) is 15.1 Å². The van der Waals surface area contributed by atoms with Crippen molar-refractivity contribution in [2.45, 2.75) is 31.2 Å². The Kier molecular flexibility index (Phi) is 6.61. The van der Waals surface area contributed by atoms with Crippen molar-refractivity contribution in [3.05, 3.63) is 113 Å². The number of ether oxygens (including phenoxy) is 1. The minimum Gasteiger partial charge on any atom is -0.366 e. The predicted molar refractivity (Wildman–Crippen MR) is 141 cm³/mol. The van der Waals surface area contributed by atoms with Gasteiger partial charge in [-0.05, 0) is 55.0 Å². The highest BCUT2D eigenvalue weighted by Gasteiger charge is 2.48. The van der Waals surface area contributed by atoms with Gasteiger partial charge in [-0.25, -0.2) is 9.07 Å². The van der Waals surface area contributed by atoms with Gasteiger partial charge in [0.25, 0.3) is 11.8 Å². The zero-order chi connectivity index (χ0) is 28.9. The fourth-order valence-corrected chi connectivity index (χ4v) is 5.31. The molecule has 0 spiro atoms. The maximum absolute atomic E-state index is 14.1. The standard InChI is InChI=1S/C30H24F4N4O3/c1-2-37-28-24(25(22-16-41-22)36-38(28)21-9-4-3-5-10-21)23(17-11-13-20(31)14-12-17)26(29(37)40)35-27(39)18-7-6-8-19(15-18)30(32,33)34/h3-15,22-23,26H,2,16H2,1H3,(H,35,39)/t22?,23-,26+/m0/s1. The summed E-state index contributed by atoms with van der Waals surface area (Å²) in [5, 5.41) is 7.54. The van der Waals surface area contributed by atoms with Crippen LogP contribution in [0.4, 0.5) is 23.4 Å². The van der Waals surface area contributed by atoms with E-state index < -0.39 is 41.3 Å². The molecule has 2 aliphatic heterocycles. The average molecular weight is 565 g/mol. The van der Waals surface area contributed by atoms with Gasteiger partial charge in [0.15, 0.2) is 0 Å². The van der Waals surface area contributed by atoms with Gasteiger partial charge in [0, 0.05) is 23.6 Å². The zero-order valence-electron chi connectivity index (χ0n) is 21.7. The minimum absolute atomic E-state index is 0.224. The van der Waals surface area contributed by atoms with E-state index in [2.05, 4.69) is 5.32 Å². The maximum Gasteiger partial charge on any atom is 0.416 e. The summed E-state index contributed by atoms with van der Waals surface area (Å²) in [6, 6.07) is 17.6. The summed E-state index contributed by atoms with van der Waals surface area (Å²) in [5.74, 6) is -2.14. The van der Waals surface area contributed by atoms with Gasteiger partial charge >= 0.3 is 6.18 Å². The van der Waals surface area contributed by atoms with Crippen molar-refractivity contribution in [2.75, 3.05) is 18.1 Å². The molecule has 0 saturated carbocycles. The number of rotatable bonds is 6. The zero-order valence-corrected chi connectivity index (χ0v) is 21.7. The predicted octanol–water partition coefficient (Wildman–Crippen LogP) is 5.40. The number of hydrogen-bond donors (Lipinski definition) is 1. The van der Waals surface area contributed by atoms with Crippen LogP contribution in [0.25, 0.3) is 5.69 Å². The van der Waals surface area contributed by atoms with Crippen LogP contribution in [0.3, 0.4) is 0 Å². The van der Waals surface area contributed by atoms with Gasteiger partial charge in [-0.3, -0.25) is 14.5 Å². The molecule has 7 nitrogen and oxygen atoms in total. The largest absolute Gasteiger partial charge is 0.416 e. The molecule has 1 N–H and O–H groups in total. The number of anilines is 1. The Balaban J connectivity index is 1.52. The van der Waals surface area contributed by atoms with Gasteiger partial charge in [0.1, 0.15) is 29.5 Å². The van der Waals surface area contributed by atoms with E-state index in [-0.39, 0.29) is 18.2 Å². The Bertz CT molecular complexity index is 1620. The molecular formula is C30H24F4N4O3. The van der Waals surface area contributed by atoms with Gasteiger partial charge in [-0.15, -0.1) is 0 Å².